The van der Waals surface area contributed by atoms with Crippen molar-refractivity contribution in [1.82, 2.24) is 14.9 Å². The zero-order valence-corrected chi connectivity index (χ0v) is 12.2. The molecule has 1 aromatic heterocycles. The van der Waals surface area contributed by atoms with Crippen LogP contribution < -0.4 is 5.56 Å². The molecule has 0 spiro atoms. The number of amides is 1. The van der Waals surface area contributed by atoms with Crippen LogP contribution >= 0.6 is 0 Å². The summed E-state index contributed by atoms with van der Waals surface area (Å²) < 4.78 is 5.24. The van der Waals surface area contributed by atoms with E-state index < -0.39 is 23.5 Å². The molecular weight excluding hydrogens is 302 g/mol. The summed E-state index contributed by atoms with van der Waals surface area (Å²) in [5, 5.41) is 8.95. The summed E-state index contributed by atoms with van der Waals surface area (Å²) in [5.74, 6) is -1.61. The number of H-pyrrole nitrogens is 1. The smallest absolute Gasteiger partial charge is 0.305 e. The Morgan fingerprint density at radius 3 is 2.96 bits per heavy atom. The first-order valence-electron chi connectivity index (χ1n) is 7.16. The predicted octanol–water partition coefficient (Wildman–Crippen LogP) is 0.239. The van der Waals surface area contributed by atoms with E-state index in [1.165, 1.54) is 4.90 Å². The van der Waals surface area contributed by atoms with Crippen molar-refractivity contribution < 1.29 is 19.4 Å². The minimum atomic E-state index is -1.03. The van der Waals surface area contributed by atoms with Crippen molar-refractivity contribution in [3.05, 3.63) is 40.3 Å². The van der Waals surface area contributed by atoms with Gasteiger partial charge in [0.1, 0.15) is 0 Å². The fourth-order valence-electron chi connectivity index (χ4n) is 2.60. The third-order valence-corrected chi connectivity index (χ3v) is 3.70. The molecule has 23 heavy (non-hydrogen) atoms. The first-order valence-corrected chi connectivity index (χ1v) is 7.16. The van der Waals surface area contributed by atoms with Gasteiger partial charge in [-0.2, -0.15) is 0 Å². The highest BCUT2D eigenvalue weighted by molar-refractivity contribution is 5.94. The summed E-state index contributed by atoms with van der Waals surface area (Å²) in [6.45, 7) is 0.654. The number of nitrogens with zero attached hydrogens (tertiary/aromatic N) is 2. The summed E-state index contributed by atoms with van der Waals surface area (Å²) in [6.07, 6.45) is -0.239. The molecule has 1 unspecified atom stereocenters. The van der Waals surface area contributed by atoms with Gasteiger partial charge in [-0.3, -0.25) is 14.4 Å². The second-order valence-corrected chi connectivity index (χ2v) is 5.26. The molecule has 8 heteroatoms. The Morgan fingerprint density at radius 1 is 1.39 bits per heavy atom. The van der Waals surface area contributed by atoms with Crippen LogP contribution in [-0.2, 0) is 9.53 Å². The van der Waals surface area contributed by atoms with Crippen LogP contribution in [0.2, 0.25) is 0 Å². The Labute approximate surface area is 130 Å². The van der Waals surface area contributed by atoms with Crippen molar-refractivity contribution in [2.45, 2.75) is 12.5 Å². The van der Waals surface area contributed by atoms with Gasteiger partial charge in [0.2, 0.25) is 0 Å². The zero-order valence-electron chi connectivity index (χ0n) is 12.2. The highest BCUT2D eigenvalue weighted by Crippen LogP contribution is 2.14. The van der Waals surface area contributed by atoms with Gasteiger partial charge in [0.05, 0.1) is 36.7 Å². The molecule has 1 aromatic carbocycles. The van der Waals surface area contributed by atoms with Crippen LogP contribution in [0.5, 0.6) is 0 Å². The molecule has 1 aliphatic heterocycles. The first kappa shape index (κ1) is 15.2. The first-order chi connectivity index (χ1) is 11.1. The molecule has 1 amide bonds. The number of fused-ring (bicyclic) bond motifs is 1. The van der Waals surface area contributed by atoms with Crippen LogP contribution in [0.25, 0.3) is 11.0 Å². The maximum absolute atomic E-state index is 12.7. The van der Waals surface area contributed by atoms with Gasteiger partial charge in [0.15, 0.2) is 5.69 Å². The number of benzene rings is 1. The van der Waals surface area contributed by atoms with E-state index in [2.05, 4.69) is 9.97 Å². The highest BCUT2D eigenvalue weighted by Gasteiger charge is 2.31. The molecule has 2 aromatic rings. The van der Waals surface area contributed by atoms with E-state index in [1.807, 2.05) is 0 Å². The van der Waals surface area contributed by atoms with Crippen LogP contribution in [0.1, 0.15) is 16.9 Å². The molecular formula is C15H15N3O5. The van der Waals surface area contributed by atoms with Crippen molar-refractivity contribution in [3.63, 3.8) is 0 Å². The lowest BCUT2D eigenvalue weighted by molar-refractivity contribution is -0.139. The molecule has 8 nitrogen and oxygen atoms in total. The van der Waals surface area contributed by atoms with Gasteiger partial charge in [-0.1, -0.05) is 12.1 Å². The maximum Gasteiger partial charge on any atom is 0.305 e. The van der Waals surface area contributed by atoms with E-state index >= 15 is 0 Å². The van der Waals surface area contributed by atoms with Crippen LogP contribution in [0.3, 0.4) is 0 Å². The van der Waals surface area contributed by atoms with Gasteiger partial charge in [-0.15, -0.1) is 0 Å². The molecule has 0 bridgehead atoms. The summed E-state index contributed by atoms with van der Waals surface area (Å²) in [5.41, 5.74) is 0.215. The Bertz CT molecular complexity index is 816. The number of hydrogen-bond donors (Lipinski definition) is 2. The second-order valence-electron chi connectivity index (χ2n) is 5.26. The number of aliphatic carboxylic acids is 1. The van der Waals surface area contributed by atoms with E-state index in [1.54, 1.807) is 24.3 Å². The average Bonchev–Trinajstić information content (AvgIpc) is 2.53. The number of ether oxygens (including phenoxy) is 1. The molecule has 3 rings (SSSR count). The summed E-state index contributed by atoms with van der Waals surface area (Å²) in [6, 6.07) is 6.29. The lowest BCUT2D eigenvalue weighted by Crippen LogP contribution is -2.50. The molecule has 2 heterocycles. The van der Waals surface area contributed by atoms with Gasteiger partial charge < -0.3 is 19.7 Å². The largest absolute Gasteiger partial charge is 0.481 e. The number of aromatic amines is 1. The number of carbonyl (C=O) groups excluding carboxylic acids is 1. The quantitative estimate of drug-likeness (QED) is 0.838. The van der Waals surface area contributed by atoms with Crippen molar-refractivity contribution in [3.8, 4) is 0 Å². The molecule has 0 aliphatic carbocycles. The van der Waals surface area contributed by atoms with Gasteiger partial charge in [0.25, 0.3) is 11.5 Å². The number of hydrogen-bond acceptors (Lipinski definition) is 5. The van der Waals surface area contributed by atoms with Crippen molar-refractivity contribution >= 4 is 22.9 Å². The van der Waals surface area contributed by atoms with E-state index in [4.69, 9.17) is 9.84 Å². The Kier molecular flexibility index (Phi) is 4.07. The highest BCUT2D eigenvalue weighted by atomic mass is 16.5. The minimum absolute atomic E-state index is 0.128. The zero-order chi connectivity index (χ0) is 16.4. The van der Waals surface area contributed by atoms with Crippen LogP contribution in [0.4, 0.5) is 0 Å². The Hall–Kier alpha value is -2.74. The molecule has 0 radical (unpaired) electrons. The van der Waals surface area contributed by atoms with Crippen molar-refractivity contribution in [2.75, 3.05) is 19.8 Å². The minimum Gasteiger partial charge on any atom is -0.481 e. The molecule has 2 N–H and O–H groups in total. The van der Waals surface area contributed by atoms with Crippen LogP contribution in [0, 0.1) is 0 Å². The van der Waals surface area contributed by atoms with E-state index in [9.17, 15) is 14.4 Å². The van der Waals surface area contributed by atoms with Gasteiger partial charge in [-0.25, -0.2) is 4.98 Å². The fourth-order valence-corrected chi connectivity index (χ4v) is 2.60. The second kappa shape index (κ2) is 6.17. The number of carboxylic acids is 1. The topological polar surface area (TPSA) is 113 Å². The third kappa shape index (κ3) is 3.07. The normalized spacial score (nSPS) is 18.1. The number of carbonyl (C=O) groups is 2. The molecule has 1 fully saturated rings. The van der Waals surface area contributed by atoms with E-state index in [-0.39, 0.29) is 25.3 Å². The number of rotatable bonds is 3. The van der Waals surface area contributed by atoms with E-state index in [0.717, 1.165) is 0 Å². The molecule has 1 atom stereocenters. The van der Waals surface area contributed by atoms with Gasteiger partial charge in [-0.05, 0) is 12.1 Å². The molecule has 1 aliphatic rings. The lowest BCUT2D eigenvalue weighted by Gasteiger charge is -2.34. The molecule has 1 saturated heterocycles. The Morgan fingerprint density at radius 2 is 2.17 bits per heavy atom. The van der Waals surface area contributed by atoms with Crippen molar-refractivity contribution in [2.24, 2.45) is 0 Å². The van der Waals surface area contributed by atoms with Gasteiger partial charge >= 0.3 is 5.97 Å². The average molecular weight is 317 g/mol. The van der Waals surface area contributed by atoms with Crippen molar-refractivity contribution in [1.29, 1.82) is 0 Å². The fraction of sp³-hybridized carbons (Fsp3) is 0.333. The standard InChI is InChI=1S/C15H15N3O5/c19-12(20)7-9-8-23-6-5-18(9)15(22)13-14(21)17-11-4-2-1-3-10(11)16-13/h1-4,9H,5-8H2,(H,17,21)(H,19,20). The summed E-state index contributed by atoms with van der Waals surface area (Å²) >= 11 is 0. The SMILES string of the molecule is O=C(O)CC1COCCN1C(=O)c1nc2ccccc2[nH]c1=O. The Balaban J connectivity index is 1.96. The van der Waals surface area contributed by atoms with Crippen LogP contribution in [-0.4, -0.2) is 57.7 Å². The number of para-hydroxylation sites is 2. The van der Waals surface area contributed by atoms with Gasteiger partial charge in [0, 0.05) is 6.54 Å². The number of morpholine rings is 1. The number of aromatic nitrogens is 2. The van der Waals surface area contributed by atoms with Crippen LogP contribution in [0.15, 0.2) is 29.1 Å². The van der Waals surface area contributed by atoms with E-state index in [0.29, 0.717) is 17.6 Å². The molecule has 120 valence electrons. The molecule has 0 saturated carbocycles. The lowest BCUT2D eigenvalue weighted by atomic mass is 10.1. The summed E-state index contributed by atoms with van der Waals surface area (Å²) in [4.78, 5) is 43.8. The number of carboxylic acid groups (broad SMARTS) is 1. The third-order valence-electron chi connectivity index (χ3n) is 3.70. The maximum atomic E-state index is 12.7. The monoisotopic (exact) mass is 317 g/mol. The summed E-state index contributed by atoms with van der Waals surface area (Å²) in [7, 11) is 0. The number of nitrogens with one attached hydrogen (secondary N) is 1. The predicted molar refractivity (Wildman–Crippen MR) is 80.3 cm³/mol.